The first-order valence-corrected chi connectivity index (χ1v) is 10.6. The van der Waals surface area contributed by atoms with Crippen molar-refractivity contribution in [2.75, 3.05) is 18.1 Å². The molecular weight excluding hydrogens is 466 g/mol. The van der Waals surface area contributed by atoms with E-state index in [2.05, 4.69) is 6.58 Å². The molecule has 0 N–H and O–H groups in total. The summed E-state index contributed by atoms with van der Waals surface area (Å²) in [5.74, 6) is -2.41. The number of nitro benzene ring substituents is 1. The topological polar surface area (TPSA) is 127 Å². The van der Waals surface area contributed by atoms with Crippen molar-refractivity contribution in [3.63, 3.8) is 0 Å². The third kappa shape index (κ3) is 4.81. The number of benzene rings is 2. The first kappa shape index (κ1) is 24.6. The fraction of sp³-hybridized carbons (Fsp3) is 0.217. The number of esters is 1. The van der Waals surface area contributed by atoms with Gasteiger partial charge in [-0.25, -0.2) is 9.69 Å². The van der Waals surface area contributed by atoms with Crippen LogP contribution < -0.4 is 4.90 Å². The van der Waals surface area contributed by atoms with Crippen LogP contribution in [0.4, 0.5) is 11.4 Å². The number of ether oxygens (including phenoxy) is 1. The van der Waals surface area contributed by atoms with Gasteiger partial charge >= 0.3 is 5.97 Å². The summed E-state index contributed by atoms with van der Waals surface area (Å²) < 4.78 is 4.92. The summed E-state index contributed by atoms with van der Waals surface area (Å²) in [5, 5.41) is 11.1. The van der Waals surface area contributed by atoms with Crippen LogP contribution in [0.3, 0.4) is 0 Å². The van der Waals surface area contributed by atoms with E-state index in [-0.39, 0.29) is 41.4 Å². The van der Waals surface area contributed by atoms with Crippen molar-refractivity contribution in [2.45, 2.75) is 19.4 Å². The summed E-state index contributed by atoms with van der Waals surface area (Å²) >= 11 is 5.82. The largest absolute Gasteiger partial charge is 0.462 e. The lowest BCUT2D eigenvalue weighted by Crippen LogP contribution is -2.45. The summed E-state index contributed by atoms with van der Waals surface area (Å²) in [6.07, 6.45) is 1.10. The molecule has 1 aliphatic heterocycles. The van der Waals surface area contributed by atoms with Crippen LogP contribution in [0, 0.1) is 10.1 Å². The molecule has 0 aliphatic carbocycles. The van der Waals surface area contributed by atoms with E-state index in [1.54, 1.807) is 6.92 Å². The van der Waals surface area contributed by atoms with E-state index in [0.29, 0.717) is 0 Å². The predicted octanol–water partition coefficient (Wildman–Crippen LogP) is 3.39. The fourth-order valence-electron chi connectivity index (χ4n) is 3.53. The molecule has 10 nitrogen and oxygen atoms in total. The van der Waals surface area contributed by atoms with Crippen LogP contribution in [0.25, 0.3) is 0 Å². The standard InChI is InChI=1S/C23H20ClN3O7/c1-3-11-25(21(29)15-7-10-17(24)18(12-15)27(32)33)19-13-20(28)26(22(19)30)16-8-5-14(6-9-16)23(31)34-4-2/h3,5-10,12,19H,1,4,11,13H2,2H3. The molecule has 0 bridgehead atoms. The summed E-state index contributed by atoms with van der Waals surface area (Å²) in [7, 11) is 0. The van der Waals surface area contributed by atoms with Gasteiger partial charge in [-0.15, -0.1) is 6.58 Å². The third-order valence-electron chi connectivity index (χ3n) is 5.11. The number of rotatable bonds is 8. The third-order valence-corrected chi connectivity index (χ3v) is 5.43. The van der Waals surface area contributed by atoms with E-state index in [4.69, 9.17) is 16.3 Å². The molecule has 1 fully saturated rings. The molecule has 2 aromatic rings. The molecule has 2 aromatic carbocycles. The number of carbonyl (C=O) groups is 4. The molecule has 1 aliphatic rings. The number of hydrogen-bond acceptors (Lipinski definition) is 7. The van der Waals surface area contributed by atoms with Gasteiger partial charge in [0.2, 0.25) is 5.91 Å². The second-order valence-corrected chi connectivity index (χ2v) is 7.63. The molecule has 0 aromatic heterocycles. The lowest BCUT2D eigenvalue weighted by Gasteiger charge is -2.26. The van der Waals surface area contributed by atoms with Crippen LogP contribution >= 0.6 is 11.6 Å². The Morgan fingerprint density at radius 1 is 1.24 bits per heavy atom. The van der Waals surface area contributed by atoms with Gasteiger partial charge in [0.05, 0.1) is 29.2 Å². The molecule has 1 atom stereocenters. The number of nitro groups is 1. The smallest absolute Gasteiger partial charge is 0.338 e. The zero-order valence-electron chi connectivity index (χ0n) is 18.1. The minimum Gasteiger partial charge on any atom is -0.462 e. The summed E-state index contributed by atoms with van der Waals surface area (Å²) in [6.45, 7) is 5.40. The highest BCUT2D eigenvalue weighted by atomic mass is 35.5. The van der Waals surface area contributed by atoms with Crippen LogP contribution in [0.2, 0.25) is 5.02 Å². The Morgan fingerprint density at radius 3 is 2.47 bits per heavy atom. The number of amides is 3. The maximum absolute atomic E-state index is 13.2. The Labute approximate surface area is 199 Å². The summed E-state index contributed by atoms with van der Waals surface area (Å²) in [5.41, 5.74) is -0.0219. The highest BCUT2D eigenvalue weighted by molar-refractivity contribution is 6.32. The molecule has 3 rings (SSSR count). The SMILES string of the molecule is C=CCN(C(=O)c1ccc(Cl)c([N+](=O)[O-])c1)C1CC(=O)N(c2ccc(C(=O)OCC)cc2)C1=O. The van der Waals surface area contributed by atoms with Crippen molar-refractivity contribution in [1.29, 1.82) is 0 Å². The van der Waals surface area contributed by atoms with Gasteiger partial charge in [0.1, 0.15) is 11.1 Å². The first-order chi connectivity index (χ1) is 16.2. The average molecular weight is 486 g/mol. The van der Waals surface area contributed by atoms with Crippen molar-refractivity contribution in [2.24, 2.45) is 0 Å². The quantitative estimate of drug-likeness (QED) is 0.184. The molecule has 34 heavy (non-hydrogen) atoms. The molecule has 0 saturated carbocycles. The first-order valence-electron chi connectivity index (χ1n) is 10.2. The number of hydrogen-bond donors (Lipinski definition) is 0. The monoisotopic (exact) mass is 485 g/mol. The van der Waals surface area contributed by atoms with Gasteiger partial charge in [0, 0.05) is 18.2 Å². The Morgan fingerprint density at radius 2 is 1.88 bits per heavy atom. The van der Waals surface area contributed by atoms with Crippen LogP contribution in [0.5, 0.6) is 0 Å². The van der Waals surface area contributed by atoms with Crippen molar-refractivity contribution < 1.29 is 28.8 Å². The van der Waals surface area contributed by atoms with Gasteiger partial charge in [-0.1, -0.05) is 17.7 Å². The van der Waals surface area contributed by atoms with Gasteiger partial charge in [0.15, 0.2) is 0 Å². The second-order valence-electron chi connectivity index (χ2n) is 7.22. The number of carbonyl (C=O) groups excluding carboxylic acids is 4. The Balaban J connectivity index is 1.88. The summed E-state index contributed by atoms with van der Waals surface area (Å²) in [6, 6.07) is 8.14. The molecule has 3 amide bonds. The zero-order valence-corrected chi connectivity index (χ0v) is 18.9. The van der Waals surface area contributed by atoms with Gasteiger partial charge in [-0.05, 0) is 43.3 Å². The van der Waals surface area contributed by atoms with E-state index in [1.165, 1.54) is 42.5 Å². The molecule has 1 heterocycles. The highest BCUT2D eigenvalue weighted by Gasteiger charge is 2.44. The van der Waals surface area contributed by atoms with E-state index < -0.39 is 40.3 Å². The maximum Gasteiger partial charge on any atom is 0.338 e. The minimum absolute atomic E-state index is 0.0598. The molecule has 1 saturated heterocycles. The van der Waals surface area contributed by atoms with Gasteiger partial charge in [-0.3, -0.25) is 24.5 Å². The van der Waals surface area contributed by atoms with E-state index in [0.717, 1.165) is 15.9 Å². The number of halogens is 1. The highest BCUT2D eigenvalue weighted by Crippen LogP contribution is 2.29. The van der Waals surface area contributed by atoms with Crippen molar-refractivity contribution in [3.05, 3.63) is 81.4 Å². The zero-order chi connectivity index (χ0) is 25.0. The Kier molecular flexibility index (Phi) is 7.42. The van der Waals surface area contributed by atoms with Gasteiger partial charge in [-0.2, -0.15) is 0 Å². The number of nitrogens with zero attached hydrogens (tertiary/aromatic N) is 3. The van der Waals surface area contributed by atoms with Crippen LogP contribution in [-0.4, -0.2) is 52.7 Å². The number of anilines is 1. The van der Waals surface area contributed by atoms with Crippen LogP contribution in [-0.2, 0) is 14.3 Å². The lowest BCUT2D eigenvalue weighted by atomic mass is 10.1. The molecule has 0 spiro atoms. The van der Waals surface area contributed by atoms with Crippen LogP contribution in [0.1, 0.15) is 34.1 Å². The molecule has 0 radical (unpaired) electrons. The maximum atomic E-state index is 13.2. The normalized spacial score (nSPS) is 15.2. The van der Waals surface area contributed by atoms with E-state index in [1.807, 2.05) is 0 Å². The summed E-state index contributed by atoms with van der Waals surface area (Å²) in [4.78, 5) is 63.4. The molecule has 11 heteroatoms. The molecular formula is C23H20ClN3O7. The number of imide groups is 1. The molecule has 176 valence electrons. The van der Waals surface area contributed by atoms with Crippen molar-refractivity contribution >= 4 is 46.7 Å². The average Bonchev–Trinajstić information content (AvgIpc) is 3.10. The Bertz CT molecular complexity index is 1180. The minimum atomic E-state index is -1.14. The predicted molar refractivity (Wildman–Crippen MR) is 123 cm³/mol. The van der Waals surface area contributed by atoms with E-state index >= 15 is 0 Å². The second kappa shape index (κ2) is 10.3. The van der Waals surface area contributed by atoms with Crippen LogP contribution in [0.15, 0.2) is 55.1 Å². The van der Waals surface area contributed by atoms with Gasteiger partial charge < -0.3 is 9.64 Å². The van der Waals surface area contributed by atoms with Gasteiger partial charge in [0.25, 0.3) is 17.5 Å². The Hall–Kier alpha value is -4.05. The van der Waals surface area contributed by atoms with Crippen molar-refractivity contribution in [3.8, 4) is 0 Å². The van der Waals surface area contributed by atoms with Crippen molar-refractivity contribution in [1.82, 2.24) is 4.90 Å². The lowest BCUT2D eigenvalue weighted by molar-refractivity contribution is -0.384. The fourth-order valence-corrected chi connectivity index (χ4v) is 3.72. The molecule has 1 unspecified atom stereocenters. The van der Waals surface area contributed by atoms with E-state index in [9.17, 15) is 29.3 Å².